The fourth-order valence-corrected chi connectivity index (χ4v) is 3.01. The van der Waals surface area contributed by atoms with Gasteiger partial charge >= 0.3 is 6.18 Å². The number of aryl methyl sites for hydroxylation is 1. The number of hydrogen-bond acceptors (Lipinski definition) is 2. The molecule has 0 bridgehead atoms. The zero-order valence-electron chi connectivity index (χ0n) is 11.7. The molecule has 2 aromatic carbocycles. The van der Waals surface area contributed by atoms with Crippen LogP contribution < -0.4 is 4.72 Å². The minimum Gasteiger partial charge on any atom is -0.279 e. The van der Waals surface area contributed by atoms with Crippen molar-refractivity contribution in [2.24, 2.45) is 0 Å². The Morgan fingerprint density at radius 1 is 1.00 bits per heavy atom. The number of benzene rings is 2. The van der Waals surface area contributed by atoms with E-state index in [-0.39, 0.29) is 4.90 Å². The second-order valence-corrected chi connectivity index (χ2v) is 6.33. The molecule has 0 unspecified atom stereocenters. The molecule has 1 N–H and O–H groups in total. The molecule has 0 amide bonds. The Balaban J connectivity index is 2.37. The lowest BCUT2D eigenvalue weighted by Gasteiger charge is -2.14. The summed E-state index contributed by atoms with van der Waals surface area (Å²) in [5, 5.41) is 0. The van der Waals surface area contributed by atoms with Crippen LogP contribution in [0.2, 0.25) is 0 Å². The molecule has 0 spiro atoms. The number of hydrogen-bond donors (Lipinski definition) is 1. The summed E-state index contributed by atoms with van der Waals surface area (Å²) >= 11 is 0. The molecule has 0 heterocycles. The average molecular weight is 329 g/mol. The quantitative estimate of drug-likeness (QED) is 0.919. The van der Waals surface area contributed by atoms with Crippen molar-refractivity contribution < 1.29 is 21.6 Å². The van der Waals surface area contributed by atoms with Crippen molar-refractivity contribution in [3.63, 3.8) is 0 Å². The second-order valence-electron chi connectivity index (χ2n) is 4.65. The van der Waals surface area contributed by atoms with Crippen LogP contribution in [0.1, 0.15) is 18.1 Å². The third-order valence-electron chi connectivity index (χ3n) is 3.12. The SMILES string of the molecule is CCc1ccc(S(=O)(=O)Nc2ccccc2C(F)(F)F)cc1. The maximum Gasteiger partial charge on any atom is 0.418 e. The second kappa shape index (κ2) is 6.00. The van der Waals surface area contributed by atoms with E-state index in [1.54, 1.807) is 12.1 Å². The first-order valence-corrected chi connectivity index (χ1v) is 8.00. The predicted molar refractivity (Wildman–Crippen MR) is 78.1 cm³/mol. The molecule has 2 aromatic rings. The van der Waals surface area contributed by atoms with Gasteiger partial charge in [0.25, 0.3) is 10.0 Å². The fraction of sp³-hybridized carbons (Fsp3) is 0.200. The van der Waals surface area contributed by atoms with Gasteiger partial charge in [0.05, 0.1) is 16.1 Å². The van der Waals surface area contributed by atoms with Crippen molar-refractivity contribution in [2.45, 2.75) is 24.4 Å². The molecular weight excluding hydrogens is 315 g/mol. The Labute approximate surface area is 126 Å². The summed E-state index contributed by atoms with van der Waals surface area (Å²) in [4.78, 5) is -0.0818. The molecule has 0 saturated heterocycles. The Morgan fingerprint density at radius 2 is 1.59 bits per heavy atom. The van der Waals surface area contributed by atoms with Gasteiger partial charge in [-0.2, -0.15) is 13.2 Å². The first-order chi connectivity index (χ1) is 10.2. The lowest BCUT2D eigenvalue weighted by molar-refractivity contribution is -0.136. The molecule has 0 aromatic heterocycles. The Hall–Kier alpha value is -2.02. The van der Waals surface area contributed by atoms with E-state index in [1.165, 1.54) is 24.3 Å². The summed E-state index contributed by atoms with van der Waals surface area (Å²) in [5.74, 6) is 0. The van der Waals surface area contributed by atoms with Crippen LogP contribution in [0, 0.1) is 0 Å². The summed E-state index contributed by atoms with van der Waals surface area (Å²) in [6.45, 7) is 1.92. The van der Waals surface area contributed by atoms with E-state index in [9.17, 15) is 21.6 Å². The van der Waals surface area contributed by atoms with Crippen molar-refractivity contribution in [3.8, 4) is 0 Å². The van der Waals surface area contributed by atoms with Crippen LogP contribution in [0.4, 0.5) is 18.9 Å². The van der Waals surface area contributed by atoms with Crippen LogP contribution >= 0.6 is 0 Å². The van der Waals surface area contributed by atoms with E-state index in [0.717, 1.165) is 24.1 Å². The zero-order valence-corrected chi connectivity index (χ0v) is 12.5. The van der Waals surface area contributed by atoms with Crippen molar-refractivity contribution in [1.82, 2.24) is 0 Å². The molecule has 0 atom stereocenters. The zero-order chi connectivity index (χ0) is 16.4. The number of nitrogens with one attached hydrogen (secondary N) is 1. The van der Waals surface area contributed by atoms with Gasteiger partial charge in [0.15, 0.2) is 0 Å². The topological polar surface area (TPSA) is 46.2 Å². The highest BCUT2D eigenvalue weighted by molar-refractivity contribution is 7.92. The van der Waals surface area contributed by atoms with Gasteiger partial charge in [0.2, 0.25) is 0 Å². The molecule has 7 heteroatoms. The molecule has 0 aliphatic rings. The number of rotatable bonds is 4. The van der Waals surface area contributed by atoms with E-state index in [1.807, 2.05) is 11.6 Å². The van der Waals surface area contributed by atoms with Gasteiger partial charge < -0.3 is 0 Å². The van der Waals surface area contributed by atoms with Crippen molar-refractivity contribution in [3.05, 3.63) is 59.7 Å². The summed E-state index contributed by atoms with van der Waals surface area (Å²) < 4.78 is 65.1. The Kier molecular flexibility index (Phi) is 4.46. The van der Waals surface area contributed by atoms with Gasteiger partial charge in [-0.25, -0.2) is 8.42 Å². The maximum absolute atomic E-state index is 12.9. The highest BCUT2D eigenvalue weighted by Gasteiger charge is 2.34. The van der Waals surface area contributed by atoms with Gasteiger partial charge in [-0.05, 0) is 36.2 Å². The van der Waals surface area contributed by atoms with Crippen molar-refractivity contribution in [1.29, 1.82) is 0 Å². The fourth-order valence-electron chi connectivity index (χ4n) is 1.93. The van der Waals surface area contributed by atoms with Crippen LogP contribution in [0.15, 0.2) is 53.4 Å². The number of anilines is 1. The number of halogens is 3. The first kappa shape index (κ1) is 16.4. The van der Waals surface area contributed by atoms with Crippen molar-refractivity contribution in [2.75, 3.05) is 4.72 Å². The maximum atomic E-state index is 12.9. The predicted octanol–water partition coefficient (Wildman–Crippen LogP) is 4.07. The smallest absolute Gasteiger partial charge is 0.279 e. The van der Waals surface area contributed by atoms with E-state index in [4.69, 9.17) is 0 Å². The molecule has 0 aliphatic carbocycles. The van der Waals surface area contributed by atoms with Gasteiger partial charge in [-0.15, -0.1) is 0 Å². The van der Waals surface area contributed by atoms with E-state index in [0.29, 0.717) is 0 Å². The molecule has 3 nitrogen and oxygen atoms in total. The molecule has 22 heavy (non-hydrogen) atoms. The summed E-state index contributed by atoms with van der Waals surface area (Å²) in [6, 6.07) is 10.5. The van der Waals surface area contributed by atoms with Crippen molar-refractivity contribution >= 4 is 15.7 Å². The standard InChI is InChI=1S/C15H14F3NO2S/c1-2-11-7-9-12(10-8-11)22(20,21)19-14-6-4-3-5-13(14)15(16,17)18/h3-10,19H,2H2,1H3. The minimum atomic E-state index is -4.63. The van der Waals surface area contributed by atoms with E-state index < -0.39 is 27.5 Å². The van der Waals surface area contributed by atoms with Crippen LogP contribution in [0.3, 0.4) is 0 Å². The lowest BCUT2D eigenvalue weighted by atomic mass is 10.2. The van der Waals surface area contributed by atoms with Gasteiger partial charge in [0, 0.05) is 0 Å². The van der Waals surface area contributed by atoms with Gasteiger partial charge in [-0.3, -0.25) is 4.72 Å². The number of alkyl halides is 3. The molecule has 0 aliphatic heterocycles. The summed E-state index contributed by atoms with van der Waals surface area (Å²) in [7, 11) is -4.07. The van der Waals surface area contributed by atoms with Crippen LogP contribution in [-0.2, 0) is 22.6 Å². The monoisotopic (exact) mass is 329 g/mol. The third kappa shape index (κ3) is 3.59. The average Bonchev–Trinajstić information content (AvgIpc) is 2.46. The normalized spacial score (nSPS) is 12.2. The van der Waals surface area contributed by atoms with E-state index >= 15 is 0 Å². The highest BCUT2D eigenvalue weighted by Crippen LogP contribution is 2.35. The minimum absolute atomic E-state index is 0.0818. The molecule has 0 saturated carbocycles. The van der Waals surface area contributed by atoms with Gasteiger partial charge in [0.1, 0.15) is 0 Å². The largest absolute Gasteiger partial charge is 0.418 e. The summed E-state index contributed by atoms with van der Waals surface area (Å²) in [5.41, 5.74) is -0.576. The van der Waals surface area contributed by atoms with Crippen LogP contribution in [0.25, 0.3) is 0 Å². The Bertz CT molecular complexity index is 753. The molecule has 118 valence electrons. The molecular formula is C15H14F3NO2S. The lowest BCUT2D eigenvalue weighted by Crippen LogP contribution is -2.17. The third-order valence-corrected chi connectivity index (χ3v) is 4.50. The summed E-state index contributed by atoms with van der Waals surface area (Å²) in [6.07, 6.45) is -3.89. The van der Waals surface area contributed by atoms with Crippen LogP contribution in [0.5, 0.6) is 0 Å². The number of para-hydroxylation sites is 1. The first-order valence-electron chi connectivity index (χ1n) is 6.52. The van der Waals surface area contributed by atoms with Crippen LogP contribution in [-0.4, -0.2) is 8.42 Å². The molecule has 0 fully saturated rings. The van der Waals surface area contributed by atoms with E-state index in [2.05, 4.69) is 0 Å². The highest BCUT2D eigenvalue weighted by atomic mass is 32.2. The Morgan fingerprint density at radius 3 is 2.14 bits per heavy atom. The molecule has 2 rings (SSSR count). The molecule has 0 radical (unpaired) electrons. The number of sulfonamides is 1. The van der Waals surface area contributed by atoms with Gasteiger partial charge in [-0.1, -0.05) is 31.2 Å².